The van der Waals surface area contributed by atoms with Crippen molar-refractivity contribution in [3.63, 3.8) is 0 Å². The Kier molecular flexibility index (Phi) is 5.51. The minimum Gasteiger partial charge on any atom is -0.378 e. The first-order chi connectivity index (χ1) is 11.6. The van der Waals surface area contributed by atoms with Gasteiger partial charge in [-0.05, 0) is 49.8 Å². The minimum absolute atomic E-state index is 0.141. The Balaban J connectivity index is 1.50. The number of carbonyl (C=O) groups excluding carboxylic acids is 1. The third kappa shape index (κ3) is 3.78. The van der Waals surface area contributed by atoms with Crippen LogP contribution in [0.1, 0.15) is 37.7 Å². The van der Waals surface area contributed by atoms with Crippen molar-refractivity contribution in [2.75, 3.05) is 26.8 Å². The molecule has 5 heteroatoms. The molecule has 2 saturated heterocycles. The average molecular weight is 335 g/mol. The predicted molar refractivity (Wildman–Crippen MR) is 89.2 cm³/mol. The maximum Gasteiger partial charge on any atom is 0.222 e. The first kappa shape index (κ1) is 17.4. The van der Waals surface area contributed by atoms with E-state index < -0.39 is 0 Å². The largest absolute Gasteiger partial charge is 0.378 e. The van der Waals surface area contributed by atoms with Crippen molar-refractivity contribution in [2.45, 2.75) is 50.2 Å². The van der Waals surface area contributed by atoms with Gasteiger partial charge in [0.1, 0.15) is 5.82 Å². The van der Waals surface area contributed by atoms with Crippen LogP contribution < -0.4 is 0 Å². The van der Waals surface area contributed by atoms with E-state index in [1.807, 2.05) is 4.90 Å². The fourth-order valence-electron chi connectivity index (χ4n) is 3.89. The summed E-state index contributed by atoms with van der Waals surface area (Å²) in [4.78, 5) is 14.4. The fourth-order valence-corrected chi connectivity index (χ4v) is 3.89. The molecule has 2 heterocycles. The molecule has 1 amide bonds. The molecule has 0 saturated carbocycles. The molecular formula is C19H26FNO3. The highest BCUT2D eigenvalue weighted by Crippen LogP contribution is 2.36. The van der Waals surface area contributed by atoms with Crippen LogP contribution in [-0.4, -0.2) is 49.3 Å². The number of amides is 1. The van der Waals surface area contributed by atoms with Gasteiger partial charge in [0.15, 0.2) is 0 Å². The summed E-state index contributed by atoms with van der Waals surface area (Å²) in [5.41, 5.74) is 0.786. The zero-order chi connectivity index (χ0) is 17.0. The number of benzene rings is 1. The quantitative estimate of drug-likeness (QED) is 0.849. The van der Waals surface area contributed by atoms with Crippen molar-refractivity contribution in [2.24, 2.45) is 0 Å². The zero-order valence-corrected chi connectivity index (χ0v) is 14.3. The van der Waals surface area contributed by atoms with Crippen LogP contribution in [0.5, 0.6) is 0 Å². The maximum atomic E-state index is 12.9. The van der Waals surface area contributed by atoms with Gasteiger partial charge in [0.25, 0.3) is 0 Å². The van der Waals surface area contributed by atoms with Gasteiger partial charge in [-0.2, -0.15) is 0 Å². The molecule has 3 rings (SSSR count). The molecule has 0 N–H and O–H groups in total. The van der Waals surface area contributed by atoms with Crippen molar-refractivity contribution in [3.8, 4) is 0 Å². The molecule has 4 nitrogen and oxygen atoms in total. The molecule has 1 aromatic carbocycles. The van der Waals surface area contributed by atoms with Gasteiger partial charge in [0.05, 0.1) is 11.7 Å². The Bertz CT molecular complexity index is 552. The molecule has 24 heavy (non-hydrogen) atoms. The van der Waals surface area contributed by atoms with Crippen LogP contribution in [0.3, 0.4) is 0 Å². The molecular weight excluding hydrogens is 309 g/mol. The monoisotopic (exact) mass is 335 g/mol. The van der Waals surface area contributed by atoms with Gasteiger partial charge in [-0.15, -0.1) is 0 Å². The highest BCUT2D eigenvalue weighted by molar-refractivity contribution is 5.76. The standard InChI is InChI=1S/C19H26FNO3/c1-23-17-3-2-14-24-19(17)10-12-21(13-11-19)18(22)9-6-15-4-7-16(20)8-5-15/h4-5,7-8,17H,2-3,6,9-14H2,1H3/t17-/m0/s1. The normalized spacial score (nSPS) is 23.4. The van der Waals surface area contributed by atoms with Gasteiger partial charge in [0, 0.05) is 33.2 Å². The third-order valence-corrected chi connectivity index (χ3v) is 5.37. The summed E-state index contributed by atoms with van der Waals surface area (Å²) in [6.45, 7) is 2.24. The number of ether oxygens (including phenoxy) is 2. The van der Waals surface area contributed by atoms with Crippen molar-refractivity contribution in [1.82, 2.24) is 4.90 Å². The molecule has 0 unspecified atom stereocenters. The summed E-state index contributed by atoms with van der Waals surface area (Å²) in [6, 6.07) is 6.37. The lowest BCUT2D eigenvalue weighted by atomic mass is 9.81. The summed E-state index contributed by atoms with van der Waals surface area (Å²) in [7, 11) is 1.75. The van der Waals surface area contributed by atoms with Crippen LogP contribution >= 0.6 is 0 Å². The SMILES string of the molecule is CO[C@H]1CCCOC12CCN(C(=O)CCc1ccc(F)cc1)CC2. The van der Waals surface area contributed by atoms with E-state index in [0.717, 1.165) is 50.9 Å². The lowest BCUT2D eigenvalue weighted by Crippen LogP contribution is -2.56. The van der Waals surface area contributed by atoms with Crippen LogP contribution in [0, 0.1) is 5.82 Å². The van der Waals surface area contributed by atoms with E-state index in [9.17, 15) is 9.18 Å². The van der Waals surface area contributed by atoms with E-state index in [1.165, 1.54) is 12.1 Å². The van der Waals surface area contributed by atoms with E-state index in [-0.39, 0.29) is 23.4 Å². The van der Waals surface area contributed by atoms with Gasteiger partial charge < -0.3 is 14.4 Å². The molecule has 2 fully saturated rings. The Hall–Kier alpha value is -1.46. The van der Waals surface area contributed by atoms with E-state index in [1.54, 1.807) is 19.2 Å². The van der Waals surface area contributed by atoms with E-state index in [0.29, 0.717) is 12.8 Å². The van der Waals surface area contributed by atoms with Gasteiger partial charge in [-0.25, -0.2) is 4.39 Å². The van der Waals surface area contributed by atoms with Crippen LogP contribution in [0.25, 0.3) is 0 Å². The van der Waals surface area contributed by atoms with Gasteiger partial charge in [-0.1, -0.05) is 12.1 Å². The van der Waals surface area contributed by atoms with E-state index >= 15 is 0 Å². The van der Waals surface area contributed by atoms with Crippen molar-refractivity contribution in [1.29, 1.82) is 0 Å². The summed E-state index contributed by atoms with van der Waals surface area (Å²) in [5.74, 6) is -0.0782. The molecule has 0 aromatic heterocycles. The second-order valence-electron chi connectivity index (χ2n) is 6.79. The topological polar surface area (TPSA) is 38.8 Å². The van der Waals surface area contributed by atoms with Crippen LogP contribution in [-0.2, 0) is 20.7 Å². The number of hydrogen-bond acceptors (Lipinski definition) is 3. The number of hydrogen-bond donors (Lipinski definition) is 0. The van der Waals surface area contributed by atoms with E-state index in [2.05, 4.69) is 0 Å². The van der Waals surface area contributed by atoms with Crippen molar-refractivity contribution >= 4 is 5.91 Å². The van der Waals surface area contributed by atoms with Gasteiger partial charge in [-0.3, -0.25) is 4.79 Å². The second kappa shape index (κ2) is 7.62. The summed E-state index contributed by atoms with van der Waals surface area (Å²) < 4.78 is 24.6. The molecule has 2 aliphatic heterocycles. The minimum atomic E-state index is -0.244. The fraction of sp³-hybridized carbons (Fsp3) is 0.632. The number of nitrogens with zero attached hydrogens (tertiary/aromatic N) is 1. The molecule has 1 atom stereocenters. The molecule has 0 aliphatic carbocycles. The predicted octanol–water partition coefficient (Wildman–Crippen LogP) is 2.94. The Morgan fingerprint density at radius 3 is 2.71 bits per heavy atom. The maximum absolute atomic E-state index is 12.9. The number of halogens is 1. The average Bonchev–Trinajstić information content (AvgIpc) is 2.62. The molecule has 1 spiro atoms. The van der Waals surface area contributed by atoms with Crippen LogP contribution in [0.2, 0.25) is 0 Å². The van der Waals surface area contributed by atoms with Crippen molar-refractivity contribution < 1.29 is 18.7 Å². The Morgan fingerprint density at radius 1 is 1.33 bits per heavy atom. The smallest absolute Gasteiger partial charge is 0.222 e. The highest BCUT2D eigenvalue weighted by Gasteiger charge is 2.45. The molecule has 0 radical (unpaired) electrons. The first-order valence-corrected chi connectivity index (χ1v) is 8.82. The number of likely N-dealkylation sites (tertiary alicyclic amines) is 1. The second-order valence-corrected chi connectivity index (χ2v) is 6.79. The zero-order valence-electron chi connectivity index (χ0n) is 14.3. The highest BCUT2D eigenvalue weighted by atomic mass is 19.1. The molecule has 1 aromatic rings. The number of aryl methyl sites for hydroxylation is 1. The van der Waals surface area contributed by atoms with E-state index in [4.69, 9.17) is 9.47 Å². The number of piperidine rings is 1. The summed E-state index contributed by atoms with van der Waals surface area (Å²) in [6.07, 6.45) is 5.02. The lowest BCUT2D eigenvalue weighted by molar-refractivity contribution is -0.188. The first-order valence-electron chi connectivity index (χ1n) is 8.82. The van der Waals surface area contributed by atoms with Crippen LogP contribution in [0.15, 0.2) is 24.3 Å². The molecule has 0 bridgehead atoms. The Morgan fingerprint density at radius 2 is 2.04 bits per heavy atom. The van der Waals surface area contributed by atoms with Gasteiger partial charge >= 0.3 is 0 Å². The Labute approximate surface area is 142 Å². The van der Waals surface area contributed by atoms with Crippen molar-refractivity contribution in [3.05, 3.63) is 35.6 Å². The van der Waals surface area contributed by atoms with Crippen LogP contribution in [0.4, 0.5) is 4.39 Å². The summed E-state index contributed by atoms with van der Waals surface area (Å²) in [5, 5.41) is 0. The van der Waals surface area contributed by atoms with Gasteiger partial charge in [0.2, 0.25) is 5.91 Å². The third-order valence-electron chi connectivity index (χ3n) is 5.37. The number of carbonyl (C=O) groups is 1. The number of methoxy groups -OCH3 is 1. The lowest BCUT2D eigenvalue weighted by Gasteiger charge is -2.48. The molecule has 2 aliphatic rings. The summed E-state index contributed by atoms with van der Waals surface area (Å²) >= 11 is 0. The number of rotatable bonds is 4. The molecule has 132 valence electrons.